The Morgan fingerprint density at radius 3 is 2.72 bits per heavy atom. The molecule has 1 saturated heterocycles. The van der Waals surface area contributed by atoms with Gasteiger partial charge in [0.2, 0.25) is 0 Å². The van der Waals surface area contributed by atoms with Gasteiger partial charge >= 0.3 is 0 Å². The van der Waals surface area contributed by atoms with Crippen molar-refractivity contribution in [1.29, 1.82) is 0 Å². The maximum atomic E-state index is 5.33. The Hall–Kier alpha value is -1.95. The van der Waals surface area contributed by atoms with Crippen LogP contribution in [0.1, 0.15) is 23.0 Å². The number of benzene rings is 2. The van der Waals surface area contributed by atoms with E-state index in [1.165, 1.54) is 15.3 Å². The normalized spacial score (nSPS) is 17.3. The summed E-state index contributed by atoms with van der Waals surface area (Å²) in [4.78, 5) is 7.52. The minimum absolute atomic E-state index is 0.197. The largest absolute Gasteiger partial charge is 0.497 e. The summed E-state index contributed by atoms with van der Waals surface area (Å²) in [5.74, 6) is 0.893. The summed E-state index contributed by atoms with van der Waals surface area (Å²) in [6, 6.07) is 17.0. The highest BCUT2D eigenvalue weighted by Crippen LogP contribution is 2.35. The van der Waals surface area contributed by atoms with Gasteiger partial charge in [-0.05, 0) is 42.8 Å². The molecule has 3 aromatic rings. The summed E-state index contributed by atoms with van der Waals surface area (Å²) in [5.41, 5.74) is 2.37. The second-order valence-corrected chi connectivity index (χ2v) is 7.40. The highest BCUT2D eigenvalue weighted by molar-refractivity contribution is 7.18. The van der Waals surface area contributed by atoms with Crippen molar-refractivity contribution < 1.29 is 4.74 Å². The maximum Gasteiger partial charge on any atom is 0.118 e. The van der Waals surface area contributed by atoms with E-state index in [4.69, 9.17) is 9.72 Å². The molecule has 2 aromatic carbocycles. The molecule has 4 nitrogen and oxygen atoms in total. The second-order valence-electron chi connectivity index (χ2n) is 6.34. The Balaban J connectivity index is 1.75. The second kappa shape index (κ2) is 7.52. The number of hydrogen-bond acceptors (Lipinski definition) is 5. The molecule has 0 amide bonds. The van der Waals surface area contributed by atoms with Gasteiger partial charge in [-0.25, -0.2) is 4.98 Å². The lowest BCUT2D eigenvalue weighted by Crippen LogP contribution is -2.33. The third kappa shape index (κ3) is 3.54. The number of thiazole rings is 1. The van der Waals surface area contributed by atoms with E-state index in [9.17, 15) is 0 Å². The molecule has 25 heavy (non-hydrogen) atoms. The van der Waals surface area contributed by atoms with Crippen molar-refractivity contribution in [2.45, 2.75) is 12.5 Å². The van der Waals surface area contributed by atoms with Crippen LogP contribution in [0, 0.1) is 0 Å². The van der Waals surface area contributed by atoms with Crippen LogP contribution in [0.4, 0.5) is 0 Å². The smallest absolute Gasteiger partial charge is 0.118 e. The van der Waals surface area contributed by atoms with Crippen molar-refractivity contribution in [2.24, 2.45) is 0 Å². The fraction of sp³-hybridized carbons (Fsp3) is 0.350. The summed E-state index contributed by atoms with van der Waals surface area (Å²) in [6.07, 6.45) is 1.16. The van der Waals surface area contributed by atoms with Crippen LogP contribution in [0.3, 0.4) is 0 Å². The molecule has 1 aliphatic heterocycles. The van der Waals surface area contributed by atoms with E-state index < -0.39 is 0 Å². The van der Waals surface area contributed by atoms with Gasteiger partial charge in [0.25, 0.3) is 0 Å². The maximum absolute atomic E-state index is 5.33. The SMILES string of the molecule is COc1ccc(C(c2nc3ccccc3s2)N2CCCNCC2)cc1. The lowest BCUT2D eigenvalue weighted by molar-refractivity contribution is 0.241. The fourth-order valence-electron chi connectivity index (χ4n) is 3.43. The summed E-state index contributed by atoms with van der Waals surface area (Å²) in [7, 11) is 1.71. The summed E-state index contributed by atoms with van der Waals surface area (Å²) < 4.78 is 6.59. The topological polar surface area (TPSA) is 37.4 Å². The van der Waals surface area contributed by atoms with Gasteiger partial charge in [0.05, 0.1) is 23.4 Å². The molecule has 1 N–H and O–H groups in total. The van der Waals surface area contributed by atoms with Crippen molar-refractivity contribution in [2.75, 3.05) is 33.3 Å². The third-order valence-electron chi connectivity index (χ3n) is 4.72. The lowest BCUT2D eigenvalue weighted by atomic mass is 10.1. The Bertz CT molecular complexity index is 789. The van der Waals surface area contributed by atoms with Gasteiger partial charge in [0.1, 0.15) is 10.8 Å². The van der Waals surface area contributed by atoms with Crippen molar-refractivity contribution in [3.8, 4) is 5.75 Å². The number of ether oxygens (including phenoxy) is 1. The standard InChI is InChI=1S/C20H23N3OS/c1-24-16-9-7-15(8-10-16)19(23-13-4-11-21-12-14-23)20-22-17-5-2-3-6-18(17)25-20/h2-3,5-10,19,21H,4,11-14H2,1H3. The number of fused-ring (bicyclic) bond motifs is 1. The van der Waals surface area contributed by atoms with Crippen LogP contribution < -0.4 is 10.1 Å². The first-order chi connectivity index (χ1) is 12.3. The van der Waals surface area contributed by atoms with Gasteiger partial charge in [-0.15, -0.1) is 11.3 Å². The average Bonchev–Trinajstić information content (AvgIpc) is 2.89. The highest BCUT2D eigenvalue weighted by atomic mass is 32.1. The van der Waals surface area contributed by atoms with Gasteiger partial charge in [0, 0.05) is 19.6 Å². The molecule has 0 spiro atoms. The van der Waals surface area contributed by atoms with E-state index in [-0.39, 0.29) is 6.04 Å². The molecule has 1 atom stereocenters. The molecule has 0 radical (unpaired) electrons. The first-order valence-corrected chi connectivity index (χ1v) is 9.61. The van der Waals surface area contributed by atoms with E-state index in [0.717, 1.165) is 43.9 Å². The Morgan fingerprint density at radius 1 is 1.08 bits per heavy atom. The average molecular weight is 353 g/mol. The van der Waals surface area contributed by atoms with Crippen LogP contribution in [-0.2, 0) is 0 Å². The van der Waals surface area contributed by atoms with E-state index in [1.807, 2.05) is 12.1 Å². The molecule has 5 heteroatoms. The Labute approximate surface area is 152 Å². The first-order valence-electron chi connectivity index (χ1n) is 8.79. The Morgan fingerprint density at radius 2 is 1.92 bits per heavy atom. The summed E-state index contributed by atoms with van der Waals surface area (Å²) in [6.45, 7) is 4.23. The number of para-hydroxylation sites is 1. The van der Waals surface area contributed by atoms with Gasteiger partial charge in [-0.3, -0.25) is 4.90 Å². The first kappa shape index (κ1) is 16.5. The molecular formula is C20H23N3OS. The molecule has 1 aromatic heterocycles. The zero-order valence-electron chi connectivity index (χ0n) is 14.4. The highest BCUT2D eigenvalue weighted by Gasteiger charge is 2.26. The molecule has 1 unspecified atom stereocenters. The van der Waals surface area contributed by atoms with Crippen LogP contribution in [0.25, 0.3) is 10.2 Å². The minimum atomic E-state index is 0.197. The predicted molar refractivity (Wildman–Crippen MR) is 104 cm³/mol. The number of nitrogens with one attached hydrogen (secondary N) is 1. The van der Waals surface area contributed by atoms with Gasteiger partial charge < -0.3 is 10.1 Å². The number of nitrogens with zero attached hydrogens (tertiary/aromatic N) is 2. The van der Waals surface area contributed by atoms with Gasteiger partial charge in [0.15, 0.2) is 0 Å². The van der Waals surface area contributed by atoms with Gasteiger partial charge in [-0.2, -0.15) is 0 Å². The van der Waals surface area contributed by atoms with Crippen molar-refractivity contribution in [3.05, 3.63) is 59.1 Å². The molecule has 4 rings (SSSR count). The lowest BCUT2D eigenvalue weighted by Gasteiger charge is -2.29. The number of methoxy groups -OCH3 is 1. The predicted octanol–water partition coefficient (Wildman–Crippen LogP) is 3.69. The van der Waals surface area contributed by atoms with Crippen LogP contribution in [0.5, 0.6) is 5.75 Å². The molecule has 1 aliphatic rings. The van der Waals surface area contributed by atoms with Crippen molar-refractivity contribution in [3.63, 3.8) is 0 Å². The number of rotatable bonds is 4. The van der Waals surface area contributed by atoms with E-state index in [2.05, 4.69) is 46.6 Å². The van der Waals surface area contributed by atoms with E-state index >= 15 is 0 Å². The van der Waals surface area contributed by atoms with E-state index in [1.54, 1.807) is 18.4 Å². The van der Waals surface area contributed by atoms with E-state index in [0.29, 0.717) is 0 Å². The fourth-order valence-corrected chi connectivity index (χ4v) is 4.56. The molecule has 2 heterocycles. The van der Waals surface area contributed by atoms with Crippen LogP contribution in [-0.4, -0.2) is 43.2 Å². The zero-order chi connectivity index (χ0) is 17.1. The van der Waals surface area contributed by atoms with Crippen LogP contribution in [0.15, 0.2) is 48.5 Å². The quantitative estimate of drug-likeness (QED) is 0.776. The summed E-state index contributed by atoms with van der Waals surface area (Å²) >= 11 is 1.81. The number of aromatic nitrogens is 1. The Kier molecular flexibility index (Phi) is 4.97. The summed E-state index contributed by atoms with van der Waals surface area (Å²) in [5, 5.41) is 4.68. The molecule has 1 fully saturated rings. The van der Waals surface area contributed by atoms with Gasteiger partial charge in [-0.1, -0.05) is 24.3 Å². The molecular weight excluding hydrogens is 330 g/mol. The minimum Gasteiger partial charge on any atom is -0.497 e. The molecule has 130 valence electrons. The van der Waals surface area contributed by atoms with Crippen molar-refractivity contribution >= 4 is 21.6 Å². The number of hydrogen-bond donors (Lipinski definition) is 1. The molecule has 0 bridgehead atoms. The zero-order valence-corrected chi connectivity index (χ0v) is 15.3. The third-order valence-corrected chi connectivity index (χ3v) is 5.80. The van der Waals surface area contributed by atoms with Crippen LogP contribution in [0.2, 0.25) is 0 Å². The van der Waals surface area contributed by atoms with Crippen LogP contribution >= 0.6 is 11.3 Å². The molecule has 0 saturated carbocycles. The molecule has 0 aliphatic carbocycles. The monoisotopic (exact) mass is 353 g/mol. The van der Waals surface area contributed by atoms with Crippen molar-refractivity contribution in [1.82, 2.24) is 15.2 Å².